The fourth-order valence-corrected chi connectivity index (χ4v) is 4.46. The molecule has 4 rings (SSSR count). The van der Waals surface area contributed by atoms with Gasteiger partial charge in [-0.1, -0.05) is 49.7 Å². The molecule has 2 amide bonds. The minimum atomic E-state index is -0.382. The van der Waals surface area contributed by atoms with E-state index in [0.717, 1.165) is 43.4 Å². The zero-order valence-corrected chi connectivity index (χ0v) is 16.7. The molecule has 2 aliphatic heterocycles. The maximum absolute atomic E-state index is 13.1. The van der Waals surface area contributed by atoms with Crippen LogP contribution in [0.3, 0.4) is 0 Å². The molecular weight excluding hydrogens is 348 g/mol. The minimum Gasteiger partial charge on any atom is -0.336 e. The van der Waals surface area contributed by atoms with Crippen LogP contribution in [0.2, 0.25) is 0 Å². The number of amides is 2. The second-order valence-corrected chi connectivity index (χ2v) is 7.99. The smallest absolute Gasteiger partial charge is 0.254 e. The highest BCUT2D eigenvalue weighted by molar-refractivity contribution is 5.98. The monoisotopic (exact) mass is 376 g/mol. The van der Waals surface area contributed by atoms with E-state index in [9.17, 15) is 9.59 Å². The first-order valence-electron chi connectivity index (χ1n) is 10.4. The number of hydrogen-bond donors (Lipinski definition) is 0. The van der Waals surface area contributed by atoms with Crippen LogP contribution in [0.15, 0.2) is 48.5 Å². The van der Waals surface area contributed by atoms with Crippen LogP contribution in [0.25, 0.3) is 11.1 Å². The van der Waals surface area contributed by atoms with Crippen molar-refractivity contribution >= 4 is 11.8 Å². The fraction of sp³-hybridized carbons (Fsp3) is 0.417. The quantitative estimate of drug-likeness (QED) is 0.805. The molecule has 2 aliphatic rings. The summed E-state index contributed by atoms with van der Waals surface area (Å²) < 4.78 is 0. The third-order valence-corrected chi connectivity index (χ3v) is 6.11. The maximum Gasteiger partial charge on any atom is 0.254 e. The van der Waals surface area contributed by atoms with Crippen LogP contribution >= 0.6 is 0 Å². The molecule has 4 heteroatoms. The van der Waals surface area contributed by atoms with E-state index < -0.39 is 0 Å². The molecular formula is C24H28N2O2. The largest absolute Gasteiger partial charge is 0.336 e. The lowest BCUT2D eigenvalue weighted by atomic mass is 10.00. The molecule has 0 aliphatic carbocycles. The van der Waals surface area contributed by atoms with Crippen molar-refractivity contribution in [3.05, 3.63) is 59.7 Å². The first kappa shape index (κ1) is 18.7. The molecule has 0 bridgehead atoms. The van der Waals surface area contributed by atoms with Crippen LogP contribution in [-0.2, 0) is 11.2 Å². The fourth-order valence-electron chi connectivity index (χ4n) is 4.46. The molecule has 2 heterocycles. The molecule has 146 valence electrons. The van der Waals surface area contributed by atoms with Crippen molar-refractivity contribution in [2.24, 2.45) is 0 Å². The van der Waals surface area contributed by atoms with E-state index in [1.54, 1.807) is 4.90 Å². The Kier molecular flexibility index (Phi) is 5.21. The predicted octanol–water partition coefficient (Wildman–Crippen LogP) is 4.14. The van der Waals surface area contributed by atoms with Crippen LogP contribution < -0.4 is 0 Å². The molecule has 4 nitrogen and oxygen atoms in total. The Morgan fingerprint density at radius 1 is 1.04 bits per heavy atom. The highest BCUT2D eigenvalue weighted by Gasteiger charge is 2.42. The average molecular weight is 376 g/mol. The first-order chi connectivity index (χ1) is 13.6. The van der Waals surface area contributed by atoms with Crippen LogP contribution in [-0.4, -0.2) is 46.8 Å². The zero-order chi connectivity index (χ0) is 19.7. The summed E-state index contributed by atoms with van der Waals surface area (Å²) in [6, 6.07) is 16.2. The molecule has 0 radical (unpaired) electrons. The van der Waals surface area contributed by atoms with Crippen molar-refractivity contribution in [3.8, 4) is 11.1 Å². The summed E-state index contributed by atoms with van der Waals surface area (Å²) in [6.45, 7) is 5.51. The summed E-state index contributed by atoms with van der Waals surface area (Å²) in [6.07, 6.45) is 4.27. The summed E-state index contributed by atoms with van der Waals surface area (Å²) in [5, 5.41) is 0. The number of piperazine rings is 1. The van der Waals surface area contributed by atoms with E-state index in [4.69, 9.17) is 0 Å². The van der Waals surface area contributed by atoms with Crippen molar-refractivity contribution in [3.63, 3.8) is 0 Å². The first-order valence-corrected chi connectivity index (χ1v) is 10.4. The van der Waals surface area contributed by atoms with E-state index in [-0.39, 0.29) is 23.9 Å². The highest BCUT2D eigenvalue weighted by Crippen LogP contribution is 2.27. The molecule has 28 heavy (non-hydrogen) atoms. The van der Waals surface area contributed by atoms with Crippen molar-refractivity contribution in [1.29, 1.82) is 0 Å². The van der Waals surface area contributed by atoms with E-state index in [1.807, 2.05) is 36.1 Å². The van der Waals surface area contributed by atoms with Crippen LogP contribution in [0, 0.1) is 0 Å². The lowest BCUT2D eigenvalue weighted by Crippen LogP contribution is -2.60. The molecule has 0 aromatic heterocycles. The van der Waals surface area contributed by atoms with Gasteiger partial charge in [-0.25, -0.2) is 0 Å². The van der Waals surface area contributed by atoms with E-state index >= 15 is 0 Å². The van der Waals surface area contributed by atoms with Gasteiger partial charge in [0.25, 0.3) is 5.91 Å². The zero-order valence-electron chi connectivity index (χ0n) is 16.7. The Morgan fingerprint density at radius 2 is 1.68 bits per heavy atom. The normalized spacial score (nSPS) is 21.7. The number of hydrogen-bond acceptors (Lipinski definition) is 2. The van der Waals surface area contributed by atoms with Gasteiger partial charge < -0.3 is 9.80 Å². The Labute approximate surface area is 167 Å². The molecule has 2 saturated heterocycles. The molecule has 2 aromatic carbocycles. The van der Waals surface area contributed by atoms with Gasteiger partial charge in [0.05, 0.1) is 0 Å². The standard InChI is InChI=1S/C24H28N2O2/c1-3-5-18-7-9-19(10-8-18)20-11-13-21(14-12-20)24(28)26-16-22-6-4-15-25(22)23(27)17(26)2/h7-14,17,22H,3-6,15-16H2,1-2H3/t17-,22+/m1/s1. The molecule has 2 atom stereocenters. The van der Waals surface area contributed by atoms with Gasteiger partial charge in [0, 0.05) is 24.7 Å². The topological polar surface area (TPSA) is 40.6 Å². The number of benzene rings is 2. The van der Waals surface area contributed by atoms with Crippen LogP contribution in [0.4, 0.5) is 0 Å². The lowest BCUT2D eigenvalue weighted by molar-refractivity contribution is -0.141. The summed E-state index contributed by atoms with van der Waals surface area (Å²) >= 11 is 0. The number of fused-ring (bicyclic) bond motifs is 1. The van der Waals surface area contributed by atoms with Gasteiger partial charge >= 0.3 is 0 Å². The summed E-state index contributed by atoms with van der Waals surface area (Å²) in [5.41, 5.74) is 4.26. The number of rotatable bonds is 4. The Balaban J connectivity index is 1.50. The number of carbonyl (C=O) groups excluding carboxylic acids is 2. The van der Waals surface area contributed by atoms with Gasteiger partial charge in [0.2, 0.25) is 5.91 Å². The summed E-state index contributed by atoms with van der Waals surface area (Å²) in [4.78, 5) is 29.4. The van der Waals surface area contributed by atoms with Crippen molar-refractivity contribution in [2.45, 2.75) is 51.6 Å². The third-order valence-electron chi connectivity index (χ3n) is 6.11. The Morgan fingerprint density at radius 3 is 2.32 bits per heavy atom. The molecule has 0 spiro atoms. The second kappa shape index (κ2) is 7.78. The molecule has 2 aromatic rings. The Bertz CT molecular complexity index is 857. The van der Waals surface area contributed by atoms with E-state index in [0.29, 0.717) is 12.1 Å². The van der Waals surface area contributed by atoms with Gasteiger partial charge in [-0.05, 0) is 55.0 Å². The third kappa shape index (κ3) is 3.44. The van der Waals surface area contributed by atoms with E-state index in [2.05, 4.69) is 31.2 Å². The summed E-state index contributed by atoms with van der Waals surface area (Å²) in [5.74, 6) is 0.0446. The average Bonchev–Trinajstić information content (AvgIpc) is 3.20. The Hall–Kier alpha value is -2.62. The van der Waals surface area contributed by atoms with Crippen LogP contribution in [0.5, 0.6) is 0 Å². The number of aryl methyl sites for hydroxylation is 1. The van der Waals surface area contributed by atoms with Crippen molar-refractivity contribution < 1.29 is 9.59 Å². The van der Waals surface area contributed by atoms with Gasteiger partial charge in [0.15, 0.2) is 0 Å². The second-order valence-electron chi connectivity index (χ2n) is 7.99. The molecule has 0 saturated carbocycles. The highest BCUT2D eigenvalue weighted by atomic mass is 16.2. The lowest BCUT2D eigenvalue weighted by Gasteiger charge is -2.41. The van der Waals surface area contributed by atoms with Gasteiger partial charge in [-0.15, -0.1) is 0 Å². The van der Waals surface area contributed by atoms with Gasteiger partial charge in [-0.3, -0.25) is 9.59 Å². The number of nitrogens with zero attached hydrogens (tertiary/aromatic N) is 2. The van der Waals surface area contributed by atoms with Crippen molar-refractivity contribution in [2.75, 3.05) is 13.1 Å². The SMILES string of the molecule is CCCc1ccc(-c2ccc(C(=O)N3C[C@@H]4CCCN4C(=O)[C@H]3C)cc2)cc1. The van der Waals surface area contributed by atoms with Crippen LogP contribution in [0.1, 0.15) is 49.0 Å². The van der Waals surface area contributed by atoms with Crippen molar-refractivity contribution in [1.82, 2.24) is 9.80 Å². The van der Waals surface area contributed by atoms with Gasteiger partial charge in [-0.2, -0.15) is 0 Å². The maximum atomic E-state index is 13.1. The molecule has 0 N–H and O–H groups in total. The molecule has 0 unspecified atom stereocenters. The predicted molar refractivity (Wildman–Crippen MR) is 111 cm³/mol. The number of carbonyl (C=O) groups is 2. The van der Waals surface area contributed by atoms with E-state index in [1.165, 1.54) is 5.56 Å². The minimum absolute atomic E-state index is 0.0442. The summed E-state index contributed by atoms with van der Waals surface area (Å²) in [7, 11) is 0. The molecule has 2 fully saturated rings. The van der Waals surface area contributed by atoms with Gasteiger partial charge in [0.1, 0.15) is 6.04 Å².